The quantitative estimate of drug-likeness (QED) is 0.763. The first-order valence-electron chi connectivity index (χ1n) is 5.80. The normalized spacial score (nSPS) is 10.9. The van der Waals surface area contributed by atoms with Crippen LogP contribution in [0, 0.1) is 6.92 Å². The molecule has 0 N–H and O–H groups in total. The molecule has 0 aliphatic carbocycles. The van der Waals surface area contributed by atoms with E-state index < -0.39 is 0 Å². The number of aryl methyl sites for hydroxylation is 1. The molecule has 0 radical (unpaired) electrons. The molecule has 1 heterocycles. The van der Waals surface area contributed by atoms with E-state index in [2.05, 4.69) is 72.0 Å². The van der Waals surface area contributed by atoms with Gasteiger partial charge in [-0.3, -0.25) is 4.98 Å². The number of aromatic nitrogens is 1. The molecule has 2 heteroatoms. The highest BCUT2D eigenvalue weighted by atomic mass is 79.9. The zero-order valence-corrected chi connectivity index (χ0v) is 12.0. The maximum absolute atomic E-state index is 4.50. The van der Waals surface area contributed by atoms with Crippen LogP contribution in [0.3, 0.4) is 0 Å². The molecule has 0 saturated carbocycles. The lowest BCUT2D eigenvalue weighted by Crippen LogP contribution is -1.91. The minimum Gasteiger partial charge on any atom is -0.255 e. The minimum absolute atomic E-state index is 0.547. The second kappa shape index (κ2) is 5.01. The fourth-order valence-corrected chi connectivity index (χ4v) is 2.33. The molecule has 0 aliphatic rings. The van der Waals surface area contributed by atoms with Gasteiger partial charge in [0, 0.05) is 16.2 Å². The van der Waals surface area contributed by atoms with Crippen molar-refractivity contribution >= 4 is 15.9 Å². The lowest BCUT2D eigenvalue weighted by Gasteiger charge is -2.09. The smallest absolute Gasteiger partial charge is 0.0732 e. The molecule has 0 saturated heterocycles. The molecular formula is C15H16BrN. The van der Waals surface area contributed by atoms with Gasteiger partial charge in [0.1, 0.15) is 0 Å². The number of hydrogen-bond donors (Lipinski definition) is 0. The van der Waals surface area contributed by atoms with Gasteiger partial charge in [-0.05, 0) is 52.0 Å². The Kier molecular flexibility index (Phi) is 3.63. The number of rotatable bonds is 2. The number of hydrogen-bond acceptors (Lipinski definition) is 1. The van der Waals surface area contributed by atoms with Gasteiger partial charge in [-0.2, -0.15) is 0 Å². The highest BCUT2D eigenvalue weighted by Crippen LogP contribution is 2.26. The average Bonchev–Trinajstić information content (AvgIpc) is 2.29. The molecule has 17 heavy (non-hydrogen) atoms. The van der Waals surface area contributed by atoms with E-state index in [1.165, 1.54) is 16.7 Å². The molecule has 2 aromatic rings. The van der Waals surface area contributed by atoms with Crippen molar-refractivity contribution in [3.8, 4) is 11.3 Å². The molecule has 0 amide bonds. The minimum atomic E-state index is 0.547. The third-order valence-corrected chi connectivity index (χ3v) is 3.31. The Morgan fingerprint density at radius 3 is 2.59 bits per heavy atom. The van der Waals surface area contributed by atoms with Gasteiger partial charge in [0.05, 0.1) is 5.69 Å². The zero-order chi connectivity index (χ0) is 12.4. The molecular weight excluding hydrogens is 274 g/mol. The first-order valence-corrected chi connectivity index (χ1v) is 6.59. The van der Waals surface area contributed by atoms with Gasteiger partial charge in [-0.25, -0.2) is 0 Å². The van der Waals surface area contributed by atoms with Crippen LogP contribution < -0.4 is 0 Å². The fourth-order valence-electron chi connectivity index (χ4n) is 1.89. The average molecular weight is 290 g/mol. The van der Waals surface area contributed by atoms with E-state index >= 15 is 0 Å². The first kappa shape index (κ1) is 12.3. The summed E-state index contributed by atoms with van der Waals surface area (Å²) in [7, 11) is 0. The molecule has 2 rings (SSSR count). The van der Waals surface area contributed by atoms with Crippen LogP contribution >= 0.6 is 15.9 Å². The lowest BCUT2D eigenvalue weighted by atomic mass is 9.98. The van der Waals surface area contributed by atoms with Gasteiger partial charge in [0.25, 0.3) is 0 Å². The zero-order valence-electron chi connectivity index (χ0n) is 10.4. The maximum atomic E-state index is 4.50. The molecule has 0 fully saturated rings. The SMILES string of the molecule is Cc1cc(Br)cnc1-c1cccc(C(C)C)c1. The molecule has 1 nitrogen and oxygen atoms in total. The molecule has 1 aromatic heterocycles. The van der Waals surface area contributed by atoms with E-state index in [0.29, 0.717) is 5.92 Å². The highest BCUT2D eigenvalue weighted by Gasteiger charge is 2.06. The van der Waals surface area contributed by atoms with Crippen molar-refractivity contribution in [2.24, 2.45) is 0 Å². The Bertz CT molecular complexity index is 532. The van der Waals surface area contributed by atoms with Crippen molar-refractivity contribution in [2.75, 3.05) is 0 Å². The first-order chi connectivity index (χ1) is 8.08. The van der Waals surface area contributed by atoms with Crippen LogP contribution in [0.5, 0.6) is 0 Å². The molecule has 88 valence electrons. The van der Waals surface area contributed by atoms with E-state index in [1.54, 1.807) is 0 Å². The molecule has 0 unspecified atom stereocenters. The van der Waals surface area contributed by atoms with E-state index in [9.17, 15) is 0 Å². The highest BCUT2D eigenvalue weighted by molar-refractivity contribution is 9.10. The molecule has 0 aliphatic heterocycles. The van der Waals surface area contributed by atoms with E-state index in [0.717, 1.165) is 10.2 Å². The van der Waals surface area contributed by atoms with E-state index in [1.807, 2.05) is 6.20 Å². The van der Waals surface area contributed by atoms with Crippen molar-refractivity contribution in [2.45, 2.75) is 26.7 Å². The van der Waals surface area contributed by atoms with Gasteiger partial charge in [0.15, 0.2) is 0 Å². The van der Waals surface area contributed by atoms with E-state index in [4.69, 9.17) is 0 Å². The van der Waals surface area contributed by atoms with Crippen molar-refractivity contribution in [3.63, 3.8) is 0 Å². The Morgan fingerprint density at radius 1 is 1.18 bits per heavy atom. The largest absolute Gasteiger partial charge is 0.255 e. The summed E-state index contributed by atoms with van der Waals surface area (Å²) in [6, 6.07) is 10.7. The predicted molar refractivity (Wildman–Crippen MR) is 76.2 cm³/mol. The third kappa shape index (κ3) is 2.75. The number of benzene rings is 1. The van der Waals surface area contributed by atoms with Gasteiger partial charge < -0.3 is 0 Å². The Hall–Kier alpha value is -1.15. The number of halogens is 1. The summed E-state index contributed by atoms with van der Waals surface area (Å²) in [5.41, 5.74) is 4.81. The molecule has 0 bridgehead atoms. The van der Waals surface area contributed by atoms with Crippen LogP contribution in [0.2, 0.25) is 0 Å². The summed E-state index contributed by atoms with van der Waals surface area (Å²) >= 11 is 3.44. The Labute approximate surface area is 111 Å². The van der Waals surface area contributed by atoms with Crippen LogP contribution in [0.15, 0.2) is 41.0 Å². The summed E-state index contributed by atoms with van der Waals surface area (Å²) in [4.78, 5) is 4.50. The Balaban J connectivity index is 2.49. The fraction of sp³-hybridized carbons (Fsp3) is 0.267. The monoisotopic (exact) mass is 289 g/mol. The van der Waals surface area contributed by atoms with Crippen molar-refractivity contribution < 1.29 is 0 Å². The summed E-state index contributed by atoms with van der Waals surface area (Å²) in [5.74, 6) is 0.547. The van der Waals surface area contributed by atoms with Crippen LogP contribution in [0.1, 0.15) is 30.9 Å². The van der Waals surface area contributed by atoms with Crippen molar-refractivity contribution in [3.05, 3.63) is 52.1 Å². The third-order valence-electron chi connectivity index (χ3n) is 2.87. The van der Waals surface area contributed by atoms with Crippen LogP contribution in [-0.2, 0) is 0 Å². The summed E-state index contributed by atoms with van der Waals surface area (Å²) in [6.07, 6.45) is 1.85. The second-order valence-corrected chi connectivity index (χ2v) is 5.51. The summed E-state index contributed by atoms with van der Waals surface area (Å²) < 4.78 is 1.03. The van der Waals surface area contributed by atoms with Crippen molar-refractivity contribution in [1.82, 2.24) is 4.98 Å². The number of pyridine rings is 1. The van der Waals surface area contributed by atoms with E-state index in [-0.39, 0.29) is 0 Å². The predicted octanol–water partition coefficient (Wildman–Crippen LogP) is 4.94. The second-order valence-electron chi connectivity index (χ2n) is 4.60. The van der Waals surface area contributed by atoms with Gasteiger partial charge >= 0.3 is 0 Å². The standard InChI is InChI=1S/C15H16BrN/c1-10(2)12-5-4-6-13(8-12)15-11(3)7-14(16)9-17-15/h4-10H,1-3H3. The van der Waals surface area contributed by atoms with Gasteiger partial charge in [-0.15, -0.1) is 0 Å². The lowest BCUT2D eigenvalue weighted by molar-refractivity contribution is 0.867. The van der Waals surface area contributed by atoms with Crippen molar-refractivity contribution in [1.29, 1.82) is 0 Å². The summed E-state index contributed by atoms with van der Waals surface area (Å²) in [5, 5.41) is 0. The number of nitrogens with zero attached hydrogens (tertiary/aromatic N) is 1. The topological polar surface area (TPSA) is 12.9 Å². The van der Waals surface area contributed by atoms with Crippen LogP contribution in [0.4, 0.5) is 0 Å². The Morgan fingerprint density at radius 2 is 1.94 bits per heavy atom. The molecule has 0 spiro atoms. The molecule has 1 aromatic carbocycles. The summed E-state index contributed by atoms with van der Waals surface area (Å²) in [6.45, 7) is 6.51. The van der Waals surface area contributed by atoms with Crippen LogP contribution in [-0.4, -0.2) is 4.98 Å². The van der Waals surface area contributed by atoms with Crippen LogP contribution in [0.25, 0.3) is 11.3 Å². The maximum Gasteiger partial charge on any atom is 0.0732 e. The van der Waals surface area contributed by atoms with Gasteiger partial charge in [0.2, 0.25) is 0 Å². The molecule has 0 atom stereocenters. The van der Waals surface area contributed by atoms with Gasteiger partial charge in [-0.1, -0.05) is 32.0 Å².